The lowest BCUT2D eigenvalue weighted by Gasteiger charge is -2.03. The van der Waals surface area contributed by atoms with Gasteiger partial charge in [-0.2, -0.15) is 0 Å². The first-order chi connectivity index (χ1) is 7.63. The van der Waals surface area contributed by atoms with Crippen molar-refractivity contribution < 1.29 is 4.79 Å². The van der Waals surface area contributed by atoms with E-state index in [-0.39, 0.29) is 11.9 Å². The summed E-state index contributed by atoms with van der Waals surface area (Å²) in [5, 5.41) is 2.73. The first-order valence-electron chi connectivity index (χ1n) is 5.06. The normalized spacial score (nSPS) is 9.56. The first kappa shape index (κ1) is 12.0. The maximum atomic E-state index is 11.5. The van der Waals surface area contributed by atoms with Crippen molar-refractivity contribution in [2.45, 2.75) is 13.5 Å². The molecule has 16 heavy (non-hydrogen) atoms. The van der Waals surface area contributed by atoms with E-state index < -0.39 is 0 Å². The van der Waals surface area contributed by atoms with E-state index in [9.17, 15) is 4.79 Å². The van der Waals surface area contributed by atoms with E-state index in [1.165, 1.54) is 0 Å². The van der Waals surface area contributed by atoms with Crippen molar-refractivity contribution in [3.05, 3.63) is 35.4 Å². The Labute approximate surface area is 94.5 Å². The molecule has 5 heteroatoms. The van der Waals surface area contributed by atoms with Gasteiger partial charge in [0.2, 0.25) is 0 Å². The largest absolute Gasteiger partial charge is 0.370 e. The van der Waals surface area contributed by atoms with Crippen LogP contribution in [0.2, 0.25) is 0 Å². The van der Waals surface area contributed by atoms with E-state index in [0.29, 0.717) is 18.7 Å². The molecule has 5 N–H and O–H groups in total. The predicted molar refractivity (Wildman–Crippen MR) is 64.0 cm³/mol. The summed E-state index contributed by atoms with van der Waals surface area (Å²) in [6, 6.07) is 7.21. The van der Waals surface area contributed by atoms with Crippen LogP contribution < -0.4 is 16.8 Å². The smallest absolute Gasteiger partial charge is 0.251 e. The summed E-state index contributed by atoms with van der Waals surface area (Å²) in [4.78, 5) is 15.4. The third-order valence-corrected chi connectivity index (χ3v) is 1.97. The zero-order valence-electron chi connectivity index (χ0n) is 9.23. The zero-order valence-corrected chi connectivity index (χ0v) is 9.23. The van der Waals surface area contributed by atoms with Crippen LogP contribution in [0.25, 0.3) is 0 Å². The molecule has 0 saturated carbocycles. The number of nitrogens with zero attached hydrogens (tertiary/aromatic N) is 1. The highest BCUT2D eigenvalue weighted by atomic mass is 16.1. The Morgan fingerprint density at radius 1 is 1.44 bits per heavy atom. The molecule has 0 heterocycles. The molecule has 86 valence electrons. The van der Waals surface area contributed by atoms with Crippen LogP contribution in [-0.2, 0) is 6.54 Å². The van der Waals surface area contributed by atoms with Crippen LogP contribution in [0, 0.1) is 0 Å². The second-order valence-electron chi connectivity index (χ2n) is 3.30. The maximum absolute atomic E-state index is 11.5. The molecule has 1 aromatic rings. The number of amides is 1. The van der Waals surface area contributed by atoms with E-state index >= 15 is 0 Å². The molecule has 0 unspecified atom stereocenters. The van der Waals surface area contributed by atoms with Gasteiger partial charge in [-0.3, -0.25) is 4.79 Å². The van der Waals surface area contributed by atoms with E-state index in [0.717, 1.165) is 5.56 Å². The molecule has 1 rings (SSSR count). The maximum Gasteiger partial charge on any atom is 0.251 e. The molecule has 0 atom stereocenters. The Kier molecular flexibility index (Phi) is 4.32. The molecule has 5 nitrogen and oxygen atoms in total. The summed E-state index contributed by atoms with van der Waals surface area (Å²) in [5.74, 6) is -0.0440. The Morgan fingerprint density at radius 2 is 2.19 bits per heavy atom. The number of rotatable bonds is 4. The third-order valence-electron chi connectivity index (χ3n) is 1.97. The number of carbonyl (C=O) groups is 1. The quantitative estimate of drug-likeness (QED) is 0.500. The molecular weight excluding hydrogens is 204 g/mol. The molecule has 0 fully saturated rings. The highest BCUT2D eigenvalue weighted by Gasteiger charge is 2.03. The molecule has 0 aliphatic heterocycles. The molecule has 1 amide bonds. The van der Waals surface area contributed by atoms with Gasteiger partial charge in [0.05, 0.1) is 6.54 Å². The van der Waals surface area contributed by atoms with Crippen LogP contribution in [0.15, 0.2) is 29.3 Å². The lowest BCUT2D eigenvalue weighted by molar-refractivity contribution is 0.0955. The van der Waals surface area contributed by atoms with Crippen LogP contribution in [0.3, 0.4) is 0 Å². The number of hydrogen-bond acceptors (Lipinski definition) is 2. The SMILES string of the molecule is CCNC(=O)c1cccc(CN=C(N)N)c1. The van der Waals surface area contributed by atoms with Gasteiger partial charge in [-0.25, -0.2) is 4.99 Å². The van der Waals surface area contributed by atoms with Crippen LogP contribution in [0.5, 0.6) is 0 Å². The molecule has 1 aromatic carbocycles. The second-order valence-corrected chi connectivity index (χ2v) is 3.30. The van der Waals surface area contributed by atoms with Gasteiger partial charge in [0.25, 0.3) is 5.91 Å². The van der Waals surface area contributed by atoms with Crippen LogP contribution in [-0.4, -0.2) is 18.4 Å². The van der Waals surface area contributed by atoms with E-state index in [1.54, 1.807) is 12.1 Å². The van der Waals surface area contributed by atoms with Crippen molar-refractivity contribution in [2.24, 2.45) is 16.5 Å². The number of hydrogen-bond donors (Lipinski definition) is 3. The van der Waals surface area contributed by atoms with Gasteiger partial charge in [-0.15, -0.1) is 0 Å². The van der Waals surface area contributed by atoms with Crippen LogP contribution in [0.4, 0.5) is 0 Å². The first-order valence-corrected chi connectivity index (χ1v) is 5.06. The van der Waals surface area contributed by atoms with Gasteiger partial charge in [0.1, 0.15) is 0 Å². The minimum absolute atomic E-state index is 0.0448. The van der Waals surface area contributed by atoms with E-state index in [1.807, 2.05) is 19.1 Å². The lowest BCUT2D eigenvalue weighted by atomic mass is 10.1. The summed E-state index contributed by atoms with van der Waals surface area (Å²) >= 11 is 0. The van der Waals surface area contributed by atoms with Gasteiger partial charge >= 0.3 is 0 Å². The number of benzene rings is 1. The fraction of sp³-hybridized carbons (Fsp3) is 0.273. The van der Waals surface area contributed by atoms with E-state index in [2.05, 4.69) is 10.3 Å². The summed E-state index contributed by atoms with van der Waals surface area (Å²) in [6.07, 6.45) is 0. The van der Waals surface area contributed by atoms with Gasteiger partial charge in [-0.05, 0) is 24.6 Å². The Balaban J connectivity index is 2.78. The van der Waals surface area contributed by atoms with Crippen molar-refractivity contribution >= 4 is 11.9 Å². The average Bonchev–Trinajstić information content (AvgIpc) is 2.27. The minimum atomic E-state index is -0.0888. The minimum Gasteiger partial charge on any atom is -0.370 e. The van der Waals surface area contributed by atoms with Crippen molar-refractivity contribution in [1.29, 1.82) is 0 Å². The molecule has 0 radical (unpaired) electrons. The summed E-state index contributed by atoms with van der Waals surface area (Å²) in [7, 11) is 0. The average molecular weight is 220 g/mol. The summed E-state index contributed by atoms with van der Waals surface area (Å²) in [6.45, 7) is 2.87. The van der Waals surface area contributed by atoms with Gasteiger partial charge in [0.15, 0.2) is 5.96 Å². The number of nitrogens with one attached hydrogen (secondary N) is 1. The molecule has 0 aromatic heterocycles. The lowest BCUT2D eigenvalue weighted by Crippen LogP contribution is -2.23. The molecule has 0 saturated heterocycles. The van der Waals surface area contributed by atoms with Crippen molar-refractivity contribution in [3.63, 3.8) is 0 Å². The number of aliphatic imine (C=N–C) groups is 1. The summed E-state index contributed by atoms with van der Waals surface area (Å²) in [5.41, 5.74) is 12.0. The Morgan fingerprint density at radius 3 is 2.81 bits per heavy atom. The Hall–Kier alpha value is -2.04. The van der Waals surface area contributed by atoms with Gasteiger partial charge < -0.3 is 16.8 Å². The number of carbonyl (C=O) groups excluding carboxylic acids is 1. The van der Waals surface area contributed by atoms with Crippen molar-refractivity contribution in [1.82, 2.24) is 5.32 Å². The molecular formula is C11H16N4O. The van der Waals surface area contributed by atoms with Crippen LogP contribution in [0.1, 0.15) is 22.8 Å². The molecule has 0 aliphatic carbocycles. The van der Waals surface area contributed by atoms with Crippen molar-refractivity contribution in [2.75, 3.05) is 6.54 Å². The third kappa shape index (κ3) is 3.61. The van der Waals surface area contributed by atoms with Gasteiger partial charge in [0, 0.05) is 12.1 Å². The number of nitrogens with two attached hydrogens (primary N) is 2. The molecule has 0 bridgehead atoms. The highest BCUT2D eigenvalue weighted by molar-refractivity contribution is 5.94. The van der Waals surface area contributed by atoms with E-state index in [4.69, 9.17) is 11.5 Å². The highest BCUT2D eigenvalue weighted by Crippen LogP contribution is 2.06. The molecule has 0 aliphatic rings. The fourth-order valence-corrected chi connectivity index (χ4v) is 1.26. The van der Waals surface area contributed by atoms with Gasteiger partial charge in [-0.1, -0.05) is 12.1 Å². The standard InChI is InChI=1S/C11H16N4O/c1-2-14-10(16)9-5-3-4-8(6-9)7-15-11(12)13/h3-6H,2,7H2,1H3,(H,14,16)(H4,12,13,15). The second kappa shape index (κ2) is 5.75. The predicted octanol–water partition coefficient (Wildman–Crippen LogP) is 0.210. The van der Waals surface area contributed by atoms with Crippen molar-refractivity contribution in [3.8, 4) is 0 Å². The fourth-order valence-electron chi connectivity index (χ4n) is 1.26. The number of guanidine groups is 1. The summed E-state index contributed by atoms with van der Waals surface area (Å²) < 4.78 is 0. The topological polar surface area (TPSA) is 93.5 Å². The Bertz CT molecular complexity index is 397. The van der Waals surface area contributed by atoms with Crippen LogP contribution >= 0.6 is 0 Å². The zero-order chi connectivity index (χ0) is 12.0. The monoisotopic (exact) mass is 220 g/mol. The molecule has 0 spiro atoms.